The minimum atomic E-state index is -0.312. The predicted octanol–water partition coefficient (Wildman–Crippen LogP) is 0.298. The normalized spacial score (nSPS) is 17.8. The molecular formula is C8H15N3O2. The summed E-state index contributed by atoms with van der Waals surface area (Å²) >= 11 is 0. The Morgan fingerprint density at radius 3 is 2.38 bits per heavy atom. The van der Waals surface area contributed by atoms with E-state index in [2.05, 4.69) is 9.99 Å². The van der Waals surface area contributed by atoms with Gasteiger partial charge < -0.3 is 16.3 Å². The van der Waals surface area contributed by atoms with Crippen molar-refractivity contribution >= 4 is 11.9 Å². The van der Waals surface area contributed by atoms with Crippen molar-refractivity contribution in [2.24, 2.45) is 22.5 Å². The topological polar surface area (TPSA) is 90.7 Å². The van der Waals surface area contributed by atoms with Gasteiger partial charge in [-0.3, -0.25) is 0 Å². The summed E-state index contributed by atoms with van der Waals surface area (Å²) < 4.78 is 0. The second-order valence-electron chi connectivity index (χ2n) is 3.26. The molecule has 1 saturated carbocycles. The molecule has 1 aliphatic rings. The first-order chi connectivity index (χ1) is 6.20. The van der Waals surface area contributed by atoms with E-state index in [1.165, 1.54) is 6.42 Å². The molecule has 1 rings (SSSR count). The average Bonchev–Trinajstić information content (AvgIpc) is 2.15. The van der Waals surface area contributed by atoms with Gasteiger partial charge in [0.1, 0.15) is 0 Å². The third-order valence-corrected chi connectivity index (χ3v) is 2.18. The van der Waals surface area contributed by atoms with Crippen molar-refractivity contribution in [2.75, 3.05) is 0 Å². The number of oxime groups is 1. The van der Waals surface area contributed by atoms with Crippen molar-refractivity contribution in [1.29, 1.82) is 0 Å². The van der Waals surface area contributed by atoms with Crippen LogP contribution in [-0.2, 0) is 9.63 Å². The molecule has 13 heavy (non-hydrogen) atoms. The lowest BCUT2D eigenvalue weighted by atomic mass is 9.89. The van der Waals surface area contributed by atoms with Gasteiger partial charge in [0.05, 0.1) is 5.92 Å². The summed E-state index contributed by atoms with van der Waals surface area (Å²) in [6, 6.07) is 0. The van der Waals surface area contributed by atoms with Gasteiger partial charge in [-0.2, -0.15) is 0 Å². The summed E-state index contributed by atoms with van der Waals surface area (Å²) in [5, 5.41) is 3.22. The van der Waals surface area contributed by atoms with Crippen LogP contribution < -0.4 is 11.5 Å². The van der Waals surface area contributed by atoms with Gasteiger partial charge in [0, 0.05) is 0 Å². The van der Waals surface area contributed by atoms with E-state index in [0.717, 1.165) is 25.7 Å². The minimum Gasteiger partial charge on any atom is -0.367 e. The van der Waals surface area contributed by atoms with E-state index < -0.39 is 0 Å². The molecule has 4 N–H and O–H groups in total. The Labute approximate surface area is 77.1 Å². The fourth-order valence-electron chi connectivity index (χ4n) is 1.51. The molecule has 0 amide bonds. The van der Waals surface area contributed by atoms with Crippen LogP contribution in [0.1, 0.15) is 32.1 Å². The van der Waals surface area contributed by atoms with Crippen LogP contribution in [0.2, 0.25) is 0 Å². The van der Waals surface area contributed by atoms with Gasteiger partial charge in [0.15, 0.2) is 0 Å². The fourth-order valence-corrected chi connectivity index (χ4v) is 1.51. The molecule has 0 spiro atoms. The summed E-state index contributed by atoms with van der Waals surface area (Å²) in [6.45, 7) is 0. The summed E-state index contributed by atoms with van der Waals surface area (Å²) in [7, 11) is 0. The number of rotatable bonds is 2. The molecule has 0 atom stereocenters. The number of carbonyl (C=O) groups is 1. The quantitative estimate of drug-likeness (QED) is 0.280. The third kappa shape index (κ3) is 3.31. The lowest BCUT2D eigenvalue weighted by Gasteiger charge is -2.17. The standard InChI is InChI=1S/C8H15N3O2/c9-8(10)11-13-7(12)6-4-2-1-3-5-6/h6H,1-5H2,(H4,9,10,11). The van der Waals surface area contributed by atoms with E-state index in [-0.39, 0.29) is 17.8 Å². The van der Waals surface area contributed by atoms with E-state index in [0.29, 0.717) is 0 Å². The Kier molecular flexibility index (Phi) is 3.54. The molecule has 1 aliphatic carbocycles. The summed E-state index contributed by atoms with van der Waals surface area (Å²) in [5.41, 5.74) is 10.0. The number of guanidine groups is 1. The van der Waals surface area contributed by atoms with Crippen molar-refractivity contribution in [2.45, 2.75) is 32.1 Å². The second kappa shape index (κ2) is 4.69. The number of hydrogen-bond acceptors (Lipinski definition) is 3. The Balaban J connectivity index is 2.33. The summed E-state index contributed by atoms with van der Waals surface area (Å²) in [4.78, 5) is 15.8. The smallest absolute Gasteiger partial charge is 0.338 e. The Morgan fingerprint density at radius 1 is 1.23 bits per heavy atom. The molecule has 0 bridgehead atoms. The maximum Gasteiger partial charge on any atom is 0.338 e. The van der Waals surface area contributed by atoms with Gasteiger partial charge >= 0.3 is 5.97 Å². The first-order valence-corrected chi connectivity index (χ1v) is 4.50. The number of carbonyl (C=O) groups excluding carboxylic acids is 1. The molecule has 5 nitrogen and oxygen atoms in total. The zero-order valence-electron chi connectivity index (χ0n) is 7.53. The largest absolute Gasteiger partial charge is 0.367 e. The van der Waals surface area contributed by atoms with Crippen LogP contribution in [0.5, 0.6) is 0 Å². The van der Waals surface area contributed by atoms with Crippen molar-refractivity contribution in [3.63, 3.8) is 0 Å². The molecule has 0 saturated heterocycles. The molecule has 0 radical (unpaired) electrons. The van der Waals surface area contributed by atoms with Crippen LogP contribution in [0.15, 0.2) is 5.16 Å². The highest BCUT2D eigenvalue weighted by Crippen LogP contribution is 2.24. The van der Waals surface area contributed by atoms with E-state index in [4.69, 9.17) is 11.5 Å². The highest BCUT2D eigenvalue weighted by atomic mass is 16.7. The molecular weight excluding hydrogens is 170 g/mol. The Morgan fingerprint density at radius 2 is 1.85 bits per heavy atom. The van der Waals surface area contributed by atoms with Crippen LogP contribution in [0, 0.1) is 5.92 Å². The summed E-state index contributed by atoms with van der Waals surface area (Å²) in [5.74, 6) is -0.547. The van der Waals surface area contributed by atoms with Gasteiger partial charge in [0.25, 0.3) is 0 Å². The highest BCUT2D eigenvalue weighted by Gasteiger charge is 2.22. The van der Waals surface area contributed by atoms with Crippen LogP contribution >= 0.6 is 0 Å². The van der Waals surface area contributed by atoms with Gasteiger partial charge in [-0.05, 0) is 18.0 Å². The van der Waals surface area contributed by atoms with E-state index in [1.54, 1.807) is 0 Å². The second-order valence-corrected chi connectivity index (χ2v) is 3.26. The molecule has 0 aromatic rings. The van der Waals surface area contributed by atoms with Crippen LogP contribution in [0.4, 0.5) is 0 Å². The Bertz CT molecular complexity index is 205. The van der Waals surface area contributed by atoms with Crippen molar-refractivity contribution in [3.8, 4) is 0 Å². The van der Waals surface area contributed by atoms with Gasteiger partial charge in [-0.15, -0.1) is 0 Å². The zero-order chi connectivity index (χ0) is 9.68. The highest BCUT2D eigenvalue weighted by molar-refractivity contribution is 5.77. The number of hydrogen-bond donors (Lipinski definition) is 2. The van der Waals surface area contributed by atoms with Gasteiger partial charge in [0.2, 0.25) is 5.96 Å². The molecule has 0 heterocycles. The lowest BCUT2D eigenvalue weighted by molar-refractivity contribution is -0.149. The van der Waals surface area contributed by atoms with Gasteiger partial charge in [-0.1, -0.05) is 19.3 Å². The SMILES string of the molecule is NC(N)=NOC(=O)C1CCCCC1. The molecule has 0 aromatic heterocycles. The molecule has 1 fully saturated rings. The van der Waals surface area contributed by atoms with Gasteiger partial charge in [-0.25, -0.2) is 4.79 Å². The average molecular weight is 185 g/mol. The fraction of sp³-hybridized carbons (Fsp3) is 0.750. The van der Waals surface area contributed by atoms with Crippen molar-refractivity contribution in [3.05, 3.63) is 0 Å². The number of nitrogens with two attached hydrogens (primary N) is 2. The molecule has 0 aliphatic heterocycles. The summed E-state index contributed by atoms with van der Waals surface area (Å²) in [6.07, 6.45) is 5.15. The van der Waals surface area contributed by atoms with Crippen LogP contribution in [-0.4, -0.2) is 11.9 Å². The number of nitrogens with zero attached hydrogens (tertiary/aromatic N) is 1. The predicted molar refractivity (Wildman–Crippen MR) is 48.5 cm³/mol. The molecule has 5 heteroatoms. The molecule has 0 unspecified atom stereocenters. The van der Waals surface area contributed by atoms with E-state index in [1.807, 2.05) is 0 Å². The molecule has 0 aromatic carbocycles. The Hall–Kier alpha value is -1.26. The first-order valence-electron chi connectivity index (χ1n) is 4.50. The van der Waals surface area contributed by atoms with Crippen LogP contribution in [0.25, 0.3) is 0 Å². The maximum atomic E-state index is 11.3. The molecule has 74 valence electrons. The zero-order valence-corrected chi connectivity index (χ0v) is 7.53. The van der Waals surface area contributed by atoms with E-state index >= 15 is 0 Å². The third-order valence-electron chi connectivity index (χ3n) is 2.18. The van der Waals surface area contributed by atoms with E-state index in [9.17, 15) is 4.79 Å². The van der Waals surface area contributed by atoms with Crippen molar-refractivity contribution < 1.29 is 9.63 Å². The van der Waals surface area contributed by atoms with Crippen molar-refractivity contribution in [1.82, 2.24) is 0 Å². The van der Waals surface area contributed by atoms with Crippen LogP contribution in [0.3, 0.4) is 0 Å². The minimum absolute atomic E-state index is 0.0168. The lowest BCUT2D eigenvalue weighted by Crippen LogP contribution is -2.25. The first kappa shape index (κ1) is 9.83. The maximum absolute atomic E-state index is 11.3. The monoisotopic (exact) mass is 185 g/mol.